The van der Waals surface area contributed by atoms with Crippen LogP contribution in [-0.4, -0.2) is 44.5 Å². The van der Waals surface area contributed by atoms with E-state index in [0.29, 0.717) is 41.8 Å². The summed E-state index contributed by atoms with van der Waals surface area (Å²) in [6.45, 7) is 8.15. The summed E-state index contributed by atoms with van der Waals surface area (Å²) >= 11 is 1.24. The fraction of sp³-hybridized carbons (Fsp3) is 0.417. The zero-order valence-electron chi connectivity index (χ0n) is 19.1. The van der Waals surface area contributed by atoms with Crippen LogP contribution in [0.25, 0.3) is 0 Å². The predicted molar refractivity (Wildman–Crippen MR) is 125 cm³/mol. The number of esters is 1. The molecule has 1 aromatic carbocycles. The molecule has 0 bridgehead atoms. The van der Waals surface area contributed by atoms with Gasteiger partial charge >= 0.3 is 11.9 Å². The van der Waals surface area contributed by atoms with Gasteiger partial charge in [0.1, 0.15) is 5.76 Å². The number of rotatable bonds is 15. The second kappa shape index (κ2) is 15.0. The average Bonchev–Trinajstić information content (AvgIpc) is 2.78. The molecule has 0 amide bonds. The van der Waals surface area contributed by atoms with Crippen molar-refractivity contribution in [3.05, 3.63) is 53.2 Å². The van der Waals surface area contributed by atoms with Gasteiger partial charge in [0.05, 0.1) is 33.0 Å². The van der Waals surface area contributed by atoms with Crippen LogP contribution in [-0.2, 0) is 19.1 Å². The van der Waals surface area contributed by atoms with Gasteiger partial charge in [0.25, 0.3) is 0 Å². The van der Waals surface area contributed by atoms with Crippen LogP contribution < -0.4 is 9.47 Å². The molecule has 0 aromatic heterocycles. The van der Waals surface area contributed by atoms with Crippen LogP contribution in [0.5, 0.6) is 11.5 Å². The molecule has 1 aromatic rings. The molecule has 8 heteroatoms. The fourth-order valence-corrected chi connectivity index (χ4v) is 3.54. The fourth-order valence-electron chi connectivity index (χ4n) is 2.59. The number of carbonyl (C=O) groups excluding carboxylic acids is 1. The maximum Gasteiger partial charge on any atom is 0.336 e. The van der Waals surface area contributed by atoms with E-state index in [9.17, 15) is 14.7 Å². The van der Waals surface area contributed by atoms with Gasteiger partial charge in [-0.15, -0.1) is 0 Å². The normalized spacial score (nSPS) is 11.6. The lowest BCUT2D eigenvalue weighted by molar-refractivity contribution is -0.143. The topological polar surface area (TPSA) is 91.3 Å². The number of unbranched alkanes of at least 4 members (excludes halogenated alkanes) is 2. The minimum absolute atomic E-state index is 0.0338. The SMILES string of the molecule is C=C(C(=O)O)/C(=C\C(=C/C)OC)Sc1ccc(OCCCCCC(=O)OCC)c(OC)c1. The van der Waals surface area contributed by atoms with Crippen molar-refractivity contribution in [2.45, 2.75) is 44.4 Å². The lowest BCUT2D eigenvalue weighted by atomic mass is 10.2. The highest BCUT2D eigenvalue weighted by Gasteiger charge is 2.15. The highest BCUT2D eigenvalue weighted by atomic mass is 32.2. The quantitative estimate of drug-likeness (QED) is 0.0926. The van der Waals surface area contributed by atoms with E-state index in [4.69, 9.17) is 18.9 Å². The van der Waals surface area contributed by atoms with Crippen LogP contribution >= 0.6 is 11.8 Å². The second-order valence-corrected chi connectivity index (χ2v) is 7.68. The lowest BCUT2D eigenvalue weighted by Crippen LogP contribution is -2.04. The molecule has 0 unspecified atom stereocenters. The van der Waals surface area contributed by atoms with E-state index >= 15 is 0 Å². The number of carboxylic acids is 1. The number of carbonyl (C=O) groups is 2. The Balaban J connectivity index is 2.77. The zero-order valence-corrected chi connectivity index (χ0v) is 20.0. The van der Waals surface area contributed by atoms with E-state index in [2.05, 4.69) is 6.58 Å². The first-order valence-corrected chi connectivity index (χ1v) is 11.2. The first-order chi connectivity index (χ1) is 15.4. The largest absolute Gasteiger partial charge is 0.497 e. The Kier molecular flexibility index (Phi) is 12.7. The molecule has 0 aliphatic carbocycles. The molecule has 0 aliphatic heterocycles. The van der Waals surface area contributed by atoms with E-state index in [-0.39, 0.29) is 11.5 Å². The van der Waals surface area contributed by atoms with Crippen LogP contribution in [0.2, 0.25) is 0 Å². The third-order valence-corrected chi connectivity index (χ3v) is 5.37. The summed E-state index contributed by atoms with van der Waals surface area (Å²) in [4.78, 5) is 24.0. The van der Waals surface area contributed by atoms with Gasteiger partial charge in [0.2, 0.25) is 0 Å². The van der Waals surface area contributed by atoms with E-state index in [1.807, 2.05) is 6.07 Å². The Labute approximate surface area is 194 Å². The molecule has 0 radical (unpaired) electrons. The lowest BCUT2D eigenvalue weighted by Gasteiger charge is -2.13. The molecule has 0 aliphatic rings. The van der Waals surface area contributed by atoms with E-state index in [0.717, 1.165) is 24.2 Å². The zero-order chi connectivity index (χ0) is 23.9. The molecular weight excluding hydrogens is 432 g/mol. The van der Waals surface area contributed by atoms with E-state index in [1.54, 1.807) is 45.2 Å². The molecule has 7 nitrogen and oxygen atoms in total. The Morgan fingerprint density at radius 3 is 2.50 bits per heavy atom. The Morgan fingerprint density at radius 1 is 1.16 bits per heavy atom. The number of benzene rings is 1. The minimum atomic E-state index is -1.11. The number of carboxylic acid groups (broad SMARTS) is 1. The van der Waals surface area contributed by atoms with Crippen molar-refractivity contribution >= 4 is 23.7 Å². The summed E-state index contributed by atoms with van der Waals surface area (Å²) in [6.07, 6.45) is 6.20. The van der Waals surface area contributed by atoms with Crippen molar-refractivity contribution in [2.24, 2.45) is 0 Å². The second-order valence-electron chi connectivity index (χ2n) is 6.57. The van der Waals surface area contributed by atoms with Crippen molar-refractivity contribution in [1.29, 1.82) is 0 Å². The number of methoxy groups -OCH3 is 2. The summed E-state index contributed by atoms with van der Waals surface area (Å²) in [5.74, 6) is 0.389. The molecule has 1 rings (SSSR count). The van der Waals surface area contributed by atoms with Crippen LogP contribution in [0.15, 0.2) is 58.1 Å². The van der Waals surface area contributed by atoms with Crippen molar-refractivity contribution in [3.8, 4) is 11.5 Å². The molecule has 0 saturated heterocycles. The summed E-state index contributed by atoms with van der Waals surface area (Å²) in [7, 11) is 3.06. The summed E-state index contributed by atoms with van der Waals surface area (Å²) in [5.41, 5.74) is -0.0338. The summed E-state index contributed by atoms with van der Waals surface area (Å²) < 4.78 is 21.4. The van der Waals surface area contributed by atoms with Gasteiger partial charge in [-0.05, 0) is 63.5 Å². The third kappa shape index (κ3) is 9.51. The van der Waals surface area contributed by atoms with Gasteiger partial charge in [0.15, 0.2) is 11.5 Å². The molecule has 0 atom stereocenters. The van der Waals surface area contributed by atoms with Gasteiger partial charge in [-0.25, -0.2) is 4.79 Å². The van der Waals surface area contributed by atoms with E-state index in [1.165, 1.54) is 18.9 Å². The summed E-state index contributed by atoms with van der Waals surface area (Å²) in [6, 6.07) is 5.40. The number of hydrogen-bond donors (Lipinski definition) is 1. The number of aliphatic carboxylic acids is 1. The third-order valence-electron chi connectivity index (χ3n) is 4.30. The van der Waals surface area contributed by atoms with Crippen LogP contribution in [0.1, 0.15) is 39.5 Å². The molecule has 32 heavy (non-hydrogen) atoms. The maximum atomic E-state index is 11.4. The molecular formula is C24H32O7S. The van der Waals surface area contributed by atoms with Gasteiger partial charge in [-0.3, -0.25) is 4.79 Å². The highest BCUT2D eigenvalue weighted by Crippen LogP contribution is 2.37. The highest BCUT2D eigenvalue weighted by molar-refractivity contribution is 8.03. The van der Waals surface area contributed by atoms with Crippen LogP contribution in [0.4, 0.5) is 0 Å². The minimum Gasteiger partial charge on any atom is -0.497 e. The molecule has 0 fully saturated rings. The van der Waals surface area contributed by atoms with Gasteiger partial charge in [0, 0.05) is 16.2 Å². The standard InChI is InChI=1S/C24H32O7S/c1-6-18(28-4)15-22(17(3)24(26)27)32-19-12-13-20(21(16-19)29-5)31-14-10-8-9-11-23(25)30-7-2/h6,12-13,15-16H,3,7-11,14H2,1-2,4-5H3,(H,26,27)/b18-6+,22-15+. The Hall–Kier alpha value is -2.87. The molecule has 0 saturated carbocycles. The number of hydrogen-bond acceptors (Lipinski definition) is 7. The number of thioether (sulfide) groups is 1. The van der Waals surface area contributed by atoms with Gasteiger partial charge in [-0.1, -0.05) is 18.3 Å². The first-order valence-electron chi connectivity index (χ1n) is 10.3. The molecule has 1 N–H and O–H groups in total. The van der Waals surface area contributed by atoms with Crippen LogP contribution in [0.3, 0.4) is 0 Å². The number of allylic oxidation sites excluding steroid dienone is 2. The Morgan fingerprint density at radius 2 is 1.91 bits per heavy atom. The Bertz CT molecular complexity index is 843. The molecule has 0 spiro atoms. The van der Waals surface area contributed by atoms with Gasteiger partial charge in [-0.2, -0.15) is 0 Å². The predicted octanol–water partition coefficient (Wildman–Crippen LogP) is 5.36. The number of ether oxygens (including phenoxy) is 4. The first kappa shape index (κ1) is 27.2. The van der Waals surface area contributed by atoms with Crippen molar-refractivity contribution in [3.63, 3.8) is 0 Å². The molecule has 176 valence electrons. The smallest absolute Gasteiger partial charge is 0.336 e. The van der Waals surface area contributed by atoms with Crippen molar-refractivity contribution in [2.75, 3.05) is 27.4 Å². The van der Waals surface area contributed by atoms with Crippen LogP contribution in [0, 0.1) is 0 Å². The van der Waals surface area contributed by atoms with Gasteiger partial charge < -0.3 is 24.1 Å². The van der Waals surface area contributed by atoms with Crippen molar-refractivity contribution < 1.29 is 33.6 Å². The van der Waals surface area contributed by atoms with Crippen molar-refractivity contribution in [1.82, 2.24) is 0 Å². The van der Waals surface area contributed by atoms with E-state index < -0.39 is 5.97 Å². The average molecular weight is 465 g/mol. The maximum absolute atomic E-state index is 11.4. The summed E-state index contributed by atoms with van der Waals surface area (Å²) in [5, 5.41) is 9.37. The molecule has 0 heterocycles. The monoisotopic (exact) mass is 464 g/mol.